The molecule has 2 aromatic rings. The van der Waals surface area contributed by atoms with E-state index >= 15 is 0 Å². The standard InChI is InChI=1S/C18H23N5O5S2/c1-27-17(24)14-12-15(30(25,26)23-7-9-28-10-8-23)16(20-13-14)21-3-5-22(6-4-21)18-19-2-11-29-18/h2,11-13H,3-10H2,1H3. The predicted molar refractivity (Wildman–Crippen MR) is 112 cm³/mol. The van der Waals surface area contributed by atoms with Crippen LogP contribution in [0.25, 0.3) is 0 Å². The van der Waals surface area contributed by atoms with Crippen LogP contribution in [0, 0.1) is 0 Å². The molecule has 4 rings (SSSR count). The number of carbonyl (C=O) groups is 1. The van der Waals surface area contributed by atoms with Gasteiger partial charge in [-0.3, -0.25) is 0 Å². The normalized spacial score (nSPS) is 18.4. The van der Waals surface area contributed by atoms with Gasteiger partial charge < -0.3 is 19.3 Å². The Labute approximate surface area is 179 Å². The van der Waals surface area contributed by atoms with Crippen LogP contribution in [0.5, 0.6) is 0 Å². The largest absolute Gasteiger partial charge is 0.465 e. The lowest BCUT2D eigenvalue weighted by Gasteiger charge is -2.36. The van der Waals surface area contributed by atoms with Gasteiger partial charge in [-0.25, -0.2) is 23.2 Å². The SMILES string of the molecule is COC(=O)c1cnc(N2CCN(c3nccs3)CC2)c(S(=O)(=O)N2CCOCC2)c1. The molecule has 0 aromatic carbocycles. The fourth-order valence-corrected chi connectivity index (χ4v) is 5.80. The molecule has 0 aliphatic carbocycles. The van der Waals surface area contributed by atoms with Gasteiger partial charge in [0.25, 0.3) is 0 Å². The summed E-state index contributed by atoms with van der Waals surface area (Å²) in [6.45, 7) is 3.79. The third-order valence-corrected chi connectivity index (χ3v) is 7.84. The van der Waals surface area contributed by atoms with Gasteiger partial charge in [-0.1, -0.05) is 0 Å². The van der Waals surface area contributed by atoms with Gasteiger partial charge in [0.05, 0.1) is 25.9 Å². The number of rotatable bonds is 5. The highest BCUT2D eigenvalue weighted by atomic mass is 32.2. The lowest BCUT2D eigenvalue weighted by molar-refractivity contribution is 0.0600. The minimum absolute atomic E-state index is 0.0231. The summed E-state index contributed by atoms with van der Waals surface area (Å²) in [6, 6.07) is 1.37. The molecule has 2 saturated heterocycles. The van der Waals surface area contributed by atoms with Gasteiger partial charge in [-0.2, -0.15) is 4.31 Å². The number of pyridine rings is 1. The molecule has 2 aliphatic rings. The first-order chi connectivity index (χ1) is 14.5. The van der Waals surface area contributed by atoms with Crippen molar-refractivity contribution in [1.29, 1.82) is 0 Å². The van der Waals surface area contributed by atoms with E-state index in [0.717, 1.165) is 5.13 Å². The molecule has 0 amide bonds. The summed E-state index contributed by atoms with van der Waals surface area (Å²) in [4.78, 5) is 24.9. The van der Waals surface area contributed by atoms with Crippen LogP contribution >= 0.6 is 11.3 Å². The topological polar surface area (TPSA) is 105 Å². The number of hydrogen-bond donors (Lipinski definition) is 0. The molecule has 10 nitrogen and oxygen atoms in total. The summed E-state index contributed by atoms with van der Waals surface area (Å²) >= 11 is 1.58. The quantitative estimate of drug-likeness (QED) is 0.604. The second-order valence-electron chi connectivity index (χ2n) is 6.84. The van der Waals surface area contributed by atoms with Crippen LogP contribution in [0.2, 0.25) is 0 Å². The maximum absolute atomic E-state index is 13.4. The van der Waals surface area contributed by atoms with Crippen LogP contribution in [-0.4, -0.2) is 88.3 Å². The van der Waals surface area contributed by atoms with Crippen molar-refractivity contribution >= 4 is 38.3 Å². The van der Waals surface area contributed by atoms with Crippen molar-refractivity contribution in [3.05, 3.63) is 29.4 Å². The van der Waals surface area contributed by atoms with Crippen molar-refractivity contribution in [2.75, 3.05) is 69.4 Å². The first-order valence-electron chi connectivity index (χ1n) is 9.56. The molecule has 0 atom stereocenters. The van der Waals surface area contributed by atoms with E-state index in [9.17, 15) is 13.2 Å². The van der Waals surface area contributed by atoms with E-state index in [1.807, 2.05) is 10.3 Å². The molecule has 162 valence electrons. The molecular formula is C18H23N5O5S2. The Bertz CT molecular complexity index is 984. The summed E-state index contributed by atoms with van der Waals surface area (Å²) in [5.41, 5.74) is 0.106. The van der Waals surface area contributed by atoms with E-state index in [4.69, 9.17) is 9.47 Å². The van der Waals surface area contributed by atoms with Crippen molar-refractivity contribution in [3.63, 3.8) is 0 Å². The highest BCUT2D eigenvalue weighted by Gasteiger charge is 2.33. The Hall–Kier alpha value is -2.28. The highest BCUT2D eigenvalue weighted by molar-refractivity contribution is 7.89. The molecule has 0 spiro atoms. The second-order valence-corrected chi connectivity index (χ2v) is 9.62. The third-order valence-electron chi connectivity index (χ3n) is 5.11. The van der Waals surface area contributed by atoms with Crippen molar-refractivity contribution in [3.8, 4) is 0 Å². The summed E-state index contributed by atoms with van der Waals surface area (Å²) in [6.07, 6.45) is 3.14. The van der Waals surface area contributed by atoms with Gasteiger partial charge >= 0.3 is 5.97 Å². The Kier molecular flexibility index (Phi) is 6.18. The number of hydrogen-bond acceptors (Lipinski definition) is 10. The van der Waals surface area contributed by atoms with Gasteiger partial charge in [-0.05, 0) is 6.07 Å². The Morgan fingerprint density at radius 2 is 1.80 bits per heavy atom. The number of methoxy groups -OCH3 is 1. The van der Waals surface area contributed by atoms with E-state index in [1.165, 1.54) is 23.7 Å². The number of anilines is 2. The van der Waals surface area contributed by atoms with Crippen molar-refractivity contribution in [2.24, 2.45) is 0 Å². The summed E-state index contributed by atoms with van der Waals surface area (Å²) in [5, 5.41) is 2.88. The molecule has 0 saturated carbocycles. The number of thiazole rings is 1. The van der Waals surface area contributed by atoms with Crippen LogP contribution in [-0.2, 0) is 19.5 Å². The van der Waals surface area contributed by atoms with Gasteiger partial charge in [0.15, 0.2) is 5.13 Å². The maximum atomic E-state index is 13.4. The number of nitrogens with zero attached hydrogens (tertiary/aromatic N) is 5. The van der Waals surface area contributed by atoms with Crippen LogP contribution in [0.1, 0.15) is 10.4 Å². The lowest BCUT2D eigenvalue weighted by Crippen LogP contribution is -2.48. The van der Waals surface area contributed by atoms with Gasteiger partial charge in [-0.15, -0.1) is 11.3 Å². The number of esters is 1. The minimum Gasteiger partial charge on any atom is -0.465 e. The Balaban J connectivity index is 1.64. The van der Waals surface area contributed by atoms with Gasteiger partial charge in [0.1, 0.15) is 10.7 Å². The molecule has 2 aliphatic heterocycles. The third kappa shape index (κ3) is 4.13. The molecule has 12 heteroatoms. The van der Waals surface area contributed by atoms with Crippen LogP contribution < -0.4 is 9.80 Å². The van der Waals surface area contributed by atoms with Gasteiger partial charge in [0.2, 0.25) is 10.0 Å². The monoisotopic (exact) mass is 453 g/mol. The number of morpholine rings is 1. The zero-order valence-electron chi connectivity index (χ0n) is 16.6. The average Bonchev–Trinajstić information content (AvgIpc) is 3.34. The zero-order chi connectivity index (χ0) is 21.1. The van der Waals surface area contributed by atoms with Gasteiger partial charge in [0, 0.05) is 57.0 Å². The molecule has 0 radical (unpaired) electrons. The molecule has 2 fully saturated rings. The van der Waals surface area contributed by atoms with E-state index in [0.29, 0.717) is 45.2 Å². The number of sulfonamides is 1. The maximum Gasteiger partial charge on any atom is 0.339 e. The highest BCUT2D eigenvalue weighted by Crippen LogP contribution is 2.29. The molecule has 0 unspecified atom stereocenters. The predicted octanol–water partition coefficient (Wildman–Crippen LogP) is 0.672. The first kappa shape index (κ1) is 21.0. The summed E-state index contributed by atoms with van der Waals surface area (Å²) in [5.74, 6) is -0.269. The second kappa shape index (κ2) is 8.84. The Morgan fingerprint density at radius 3 is 2.43 bits per heavy atom. The van der Waals surface area contributed by atoms with E-state index in [1.54, 1.807) is 17.5 Å². The molecule has 30 heavy (non-hydrogen) atoms. The van der Waals surface area contributed by atoms with Crippen molar-refractivity contribution in [2.45, 2.75) is 4.90 Å². The molecular weight excluding hydrogens is 430 g/mol. The fraction of sp³-hybridized carbons (Fsp3) is 0.500. The van der Waals surface area contributed by atoms with E-state index in [-0.39, 0.29) is 23.5 Å². The van der Waals surface area contributed by atoms with E-state index in [2.05, 4.69) is 14.9 Å². The number of piperazine rings is 1. The fourth-order valence-electron chi connectivity index (χ4n) is 3.50. The van der Waals surface area contributed by atoms with Crippen LogP contribution in [0.4, 0.5) is 10.9 Å². The Morgan fingerprint density at radius 1 is 1.10 bits per heavy atom. The molecule has 4 heterocycles. The smallest absolute Gasteiger partial charge is 0.339 e. The molecule has 2 aromatic heterocycles. The first-order valence-corrected chi connectivity index (χ1v) is 11.9. The van der Waals surface area contributed by atoms with Crippen LogP contribution in [0.15, 0.2) is 28.7 Å². The summed E-state index contributed by atoms with van der Waals surface area (Å²) < 4.78 is 38.2. The molecule has 0 bridgehead atoms. The van der Waals surface area contributed by atoms with Crippen LogP contribution in [0.3, 0.4) is 0 Å². The minimum atomic E-state index is -3.85. The number of ether oxygens (including phenoxy) is 2. The number of carbonyl (C=O) groups excluding carboxylic acids is 1. The zero-order valence-corrected chi connectivity index (χ0v) is 18.2. The van der Waals surface area contributed by atoms with Crippen molar-refractivity contribution in [1.82, 2.24) is 14.3 Å². The summed E-state index contributed by atoms with van der Waals surface area (Å²) in [7, 11) is -2.59. The van der Waals surface area contributed by atoms with Crippen molar-refractivity contribution < 1.29 is 22.7 Å². The van der Waals surface area contributed by atoms with E-state index < -0.39 is 16.0 Å². The molecule has 0 N–H and O–H groups in total. The average molecular weight is 454 g/mol. The lowest BCUT2D eigenvalue weighted by atomic mass is 10.2. The number of aromatic nitrogens is 2.